The molecule has 0 atom stereocenters. The molecule has 0 aliphatic heterocycles. The van der Waals surface area contributed by atoms with Crippen molar-refractivity contribution >= 4 is 12.1 Å². The van der Waals surface area contributed by atoms with Crippen molar-refractivity contribution in [3.8, 4) is 11.5 Å². The van der Waals surface area contributed by atoms with Crippen LogP contribution in [0.25, 0.3) is 0 Å². The van der Waals surface area contributed by atoms with E-state index in [0.717, 1.165) is 22.6 Å². The molecule has 5 nitrogen and oxygen atoms in total. The number of nitrogens with one attached hydrogen (secondary N) is 1. The van der Waals surface area contributed by atoms with E-state index >= 15 is 0 Å². The van der Waals surface area contributed by atoms with Gasteiger partial charge in [-0.2, -0.15) is 5.10 Å². The highest BCUT2D eigenvalue weighted by atomic mass is 16.5. The number of nitrogens with zero attached hydrogens (tertiary/aromatic N) is 1. The lowest BCUT2D eigenvalue weighted by molar-refractivity contribution is 0.0955. The molecule has 3 rings (SSSR count). The molecule has 5 heteroatoms. The fourth-order valence-electron chi connectivity index (χ4n) is 2.59. The number of carbonyl (C=O) groups is 1. The van der Waals surface area contributed by atoms with Gasteiger partial charge in [-0.15, -0.1) is 0 Å². The van der Waals surface area contributed by atoms with Gasteiger partial charge in [-0.3, -0.25) is 4.79 Å². The van der Waals surface area contributed by atoms with E-state index in [4.69, 9.17) is 9.47 Å². The molecule has 30 heavy (non-hydrogen) atoms. The lowest BCUT2D eigenvalue weighted by atomic mass is 10.2. The first-order valence-corrected chi connectivity index (χ1v) is 9.93. The Hall–Kier alpha value is -3.60. The zero-order valence-electron chi connectivity index (χ0n) is 17.2. The molecule has 0 aliphatic carbocycles. The second-order valence-electron chi connectivity index (χ2n) is 7.27. The quantitative estimate of drug-likeness (QED) is 0.402. The number of benzene rings is 3. The Morgan fingerprint density at radius 3 is 2.20 bits per heavy atom. The summed E-state index contributed by atoms with van der Waals surface area (Å²) in [6, 6.07) is 24.5. The molecule has 1 N–H and O–H groups in total. The van der Waals surface area contributed by atoms with E-state index in [9.17, 15) is 4.79 Å². The van der Waals surface area contributed by atoms with Gasteiger partial charge in [-0.25, -0.2) is 5.43 Å². The minimum Gasteiger partial charge on any atom is -0.493 e. The molecule has 0 unspecified atom stereocenters. The molecule has 0 aliphatic rings. The van der Waals surface area contributed by atoms with Crippen molar-refractivity contribution in [1.82, 2.24) is 5.43 Å². The maximum atomic E-state index is 12.2. The zero-order valence-corrected chi connectivity index (χ0v) is 17.2. The van der Waals surface area contributed by atoms with Crippen molar-refractivity contribution < 1.29 is 14.3 Å². The highest BCUT2D eigenvalue weighted by Crippen LogP contribution is 2.14. The van der Waals surface area contributed by atoms with E-state index < -0.39 is 0 Å². The van der Waals surface area contributed by atoms with Crippen molar-refractivity contribution in [2.45, 2.75) is 20.5 Å². The van der Waals surface area contributed by atoms with Gasteiger partial charge in [0.15, 0.2) is 0 Å². The van der Waals surface area contributed by atoms with Crippen LogP contribution in [-0.2, 0) is 6.61 Å². The van der Waals surface area contributed by atoms with Gasteiger partial charge in [-0.1, -0.05) is 44.2 Å². The van der Waals surface area contributed by atoms with E-state index in [-0.39, 0.29) is 5.91 Å². The molecule has 1 amide bonds. The summed E-state index contributed by atoms with van der Waals surface area (Å²) in [5.41, 5.74) is 5.04. The zero-order chi connectivity index (χ0) is 21.2. The van der Waals surface area contributed by atoms with Gasteiger partial charge >= 0.3 is 0 Å². The third kappa shape index (κ3) is 6.78. The number of hydrogen-bond donors (Lipinski definition) is 1. The number of carbonyl (C=O) groups excluding carboxylic acids is 1. The molecule has 3 aromatic rings. The molecule has 0 aromatic heterocycles. The fraction of sp³-hybridized carbons (Fsp3) is 0.200. The molecule has 0 heterocycles. The highest BCUT2D eigenvalue weighted by molar-refractivity contribution is 5.95. The smallest absolute Gasteiger partial charge is 0.271 e. The summed E-state index contributed by atoms with van der Waals surface area (Å²) in [4.78, 5) is 12.2. The van der Waals surface area contributed by atoms with Crippen LogP contribution in [0.5, 0.6) is 11.5 Å². The molecule has 0 saturated heterocycles. The Labute approximate surface area is 177 Å². The third-order valence-corrected chi connectivity index (χ3v) is 4.21. The standard InChI is InChI=1S/C25H26N2O3/c1-19(2)17-29-24-14-10-22(11-15-24)25(28)27-26-16-20-8-12-23(13-9-20)30-18-21-6-4-3-5-7-21/h3-16,19H,17-18H2,1-2H3,(H,27,28). The molecule has 0 bridgehead atoms. The van der Waals surface area contributed by atoms with E-state index in [0.29, 0.717) is 24.7 Å². The van der Waals surface area contributed by atoms with Crippen molar-refractivity contribution in [3.05, 3.63) is 95.6 Å². The highest BCUT2D eigenvalue weighted by Gasteiger charge is 2.05. The van der Waals surface area contributed by atoms with Gasteiger partial charge in [0.05, 0.1) is 12.8 Å². The number of rotatable bonds is 9. The second kappa shape index (κ2) is 10.8. The molecule has 3 aromatic carbocycles. The summed E-state index contributed by atoms with van der Waals surface area (Å²) >= 11 is 0. The SMILES string of the molecule is CC(C)COc1ccc(C(=O)NN=Cc2ccc(OCc3ccccc3)cc2)cc1. The minimum atomic E-state index is -0.274. The van der Waals surface area contributed by atoms with Gasteiger partial charge in [0.25, 0.3) is 5.91 Å². The van der Waals surface area contributed by atoms with Crippen LogP contribution in [0.2, 0.25) is 0 Å². The first-order chi connectivity index (χ1) is 14.6. The van der Waals surface area contributed by atoms with Crippen LogP contribution >= 0.6 is 0 Å². The van der Waals surface area contributed by atoms with Gasteiger partial charge in [0.2, 0.25) is 0 Å². The Balaban J connectivity index is 1.46. The predicted molar refractivity (Wildman–Crippen MR) is 119 cm³/mol. The average molecular weight is 402 g/mol. The molecule has 0 radical (unpaired) electrons. The number of ether oxygens (including phenoxy) is 2. The largest absolute Gasteiger partial charge is 0.493 e. The van der Waals surface area contributed by atoms with E-state index in [1.54, 1.807) is 30.5 Å². The van der Waals surface area contributed by atoms with Crippen molar-refractivity contribution in [2.75, 3.05) is 6.61 Å². The van der Waals surface area contributed by atoms with Crippen molar-refractivity contribution in [1.29, 1.82) is 0 Å². The molecule has 0 spiro atoms. The Morgan fingerprint density at radius 2 is 1.53 bits per heavy atom. The van der Waals surface area contributed by atoms with Gasteiger partial charge in [0.1, 0.15) is 18.1 Å². The van der Waals surface area contributed by atoms with Gasteiger partial charge < -0.3 is 9.47 Å². The maximum absolute atomic E-state index is 12.2. The fourth-order valence-corrected chi connectivity index (χ4v) is 2.59. The Kier molecular flexibility index (Phi) is 7.61. The number of hydrogen-bond acceptors (Lipinski definition) is 4. The third-order valence-electron chi connectivity index (χ3n) is 4.21. The van der Waals surface area contributed by atoms with Crippen LogP contribution in [0.1, 0.15) is 35.3 Å². The summed E-state index contributed by atoms with van der Waals surface area (Å²) in [6.45, 7) is 5.34. The second-order valence-corrected chi connectivity index (χ2v) is 7.27. The normalized spacial score (nSPS) is 10.9. The van der Waals surface area contributed by atoms with Gasteiger partial charge in [-0.05, 0) is 65.6 Å². The van der Waals surface area contributed by atoms with Crippen LogP contribution in [0.4, 0.5) is 0 Å². The summed E-state index contributed by atoms with van der Waals surface area (Å²) in [5.74, 6) is 1.70. The van der Waals surface area contributed by atoms with Crippen molar-refractivity contribution in [3.63, 3.8) is 0 Å². The first kappa shape index (κ1) is 21.1. The molecular weight excluding hydrogens is 376 g/mol. The van der Waals surface area contributed by atoms with Crippen LogP contribution in [-0.4, -0.2) is 18.7 Å². The monoisotopic (exact) mass is 402 g/mol. The van der Waals surface area contributed by atoms with E-state index in [1.165, 1.54) is 0 Å². The molecular formula is C25H26N2O3. The molecule has 154 valence electrons. The molecule has 0 fully saturated rings. The summed E-state index contributed by atoms with van der Waals surface area (Å²) in [5, 5.41) is 4.03. The van der Waals surface area contributed by atoms with Crippen LogP contribution < -0.4 is 14.9 Å². The summed E-state index contributed by atoms with van der Waals surface area (Å²) in [7, 11) is 0. The number of amides is 1. The van der Waals surface area contributed by atoms with Crippen LogP contribution in [0.3, 0.4) is 0 Å². The van der Waals surface area contributed by atoms with E-state index in [1.807, 2.05) is 54.6 Å². The van der Waals surface area contributed by atoms with E-state index in [2.05, 4.69) is 24.4 Å². The maximum Gasteiger partial charge on any atom is 0.271 e. The predicted octanol–water partition coefficient (Wildman–Crippen LogP) is 5.06. The topological polar surface area (TPSA) is 59.9 Å². The van der Waals surface area contributed by atoms with Crippen LogP contribution in [0.15, 0.2) is 84.0 Å². The Morgan fingerprint density at radius 1 is 0.900 bits per heavy atom. The summed E-state index contributed by atoms with van der Waals surface area (Å²) < 4.78 is 11.4. The van der Waals surface area contributed by atoms with Crippen LogP contribution in [0, 0.1) is 5.92 Å². The summed E-state index contributed by atoms with van der Waals surface area (Å²) in [6.07, 6.45) is 1.60. The van der Waals surface area contributed by atoms with Crippen molar-refractivity contribution in [2.24, 2.45) is 11.0 Å². The lowest BCUT2D eigenvalue weighted by Crippen LogP contribution is -2.17. The molecule has 0 saturated carbocycles. The van der Waals surface area contributed by atoms with Gasteiger partial charge in [0, 0.05) is 5.56 Å². The minimum absolute atomic E-state index is 0.274. The Bertz CT molecular complexity index is 950. The first-order valence-electron chi connectivity index (χ1n) is 9.93. The lowest BCUT2D eigenvalue weighted by Gasteiger charge is -2.08. The average Bonchev–Trinajstić information content (AvgIpc) is 2.78. The number of hydrazone groups is 1.